The minimum absolute atomic E-state index is 0.0100. The lowest BCUT2D eigenvalue weighted by Crippen LogP contribution is -2.69. The van der Waals surface area contributed by atoms with Crippen LogP contribution in [0.4, 0.5) is 0 Å². The average Bonchev–Trinajstić information content (AvgIpc) is 3.60. The largest absolute Gasteiger partial charge is 0.507 e. The molecule has 0 saturated carbocycles. The molecule has 270 valence electrons. The van der Waals surface area contributed by atoms with E-state index in [9.17, 15) is 25.2 Å². The first-order valence-electron chi connectivity index (χ1n) is 17.4. The van der Waals surface area contributed by atoms with Crippen molar-refractivity contribution < 1.29 is 48.9 Å². The van der Waals surface area contributed by atoms with Crippen LogP contribution in [0.2, 0.25) is 0 Å². The highest BCUT2D eigenvalue weighted by molar-refractivity contribution is 7.99. The minimum Gasteiger partial charge on any atom is -0.507 e. The number of methoxy groups -OCH3 is 2. The summed E-state index contributed by atoms with van der Waals surface area (Å²) >= 11 is 1.47. The van der Waals surface area contributed by atoms with Crippen LogP contribution in [0.3, 0.4) is 0 Å². The maximum absolute atomic E-state index is 14.5. The van der Waals surface area contributed by atoms with Crippen molar-refractivity contribution in [1.29, 1.82) is 0 Å². The molecule has 0 aromatic heterocycles. The summed E-state index contributed by atoms with van der Waals surface area (Å²) in [7, 11) is 3.00. The smallest absolute Gasteiger partial charge is 0.331 e. The van der Waals surface area contributed by atoms with Crippen LogP contribution in [-0.4, -0.2) is 89.5 Å². The Morgan fingerprint density at radius 1 is 1.02 bits per heavy atom. The number of aryl methyl sites for hydroxylation is 1. The fourth-order valence-corrected chi connectivity index (χ4v) is 11.3. The quantitative estimate of drug-likeness (QED) is 0.218. The number of benzene rings is 3. The molecule has 14 heteroatoms. The van der Waals surface area contributed by atoms with E-state index in [0.29, 0.717) is 70.9 Å². The van der Waals surface area contributed by atoms with Crippen LogP contribution < -0.4 is 29.6 Å². The summed E-state index contributed by atoms with van der Waals surface area (Å²) in [5.74, 6) is 1.37. The number of aromatic hydroxyl groups is 3. The second kappa shape index (κ2) is 11.7. The van der Waals surface area contributed by atoms with E-state index in [1.807, 2.05) is 24.8 Å². The van der Waals surface area contributed by atoms with Crippen LogP contribution in [0.5, 0.6) is 40.2 Å². The van der Waals surface area contributed by atoms with Crippen molar-refractivity contribution in [3.05, 3.63) is 62.7 Å². The predicted octanol–water partition coefficient (Wildman–Crippen LogP) is 3.11. The van der Waals surface area contributed by atoms with E-state index in [-0.39, 0.29) is 42.2 Å². The number of phenolic OH excluding ortho intramolecular Hbond substituents is 3. The molecule has 7 aliphatic rings. The van der Waals surface area contributed by atoms with Crippen molar-refractivity contribution in [3.63, 3.8) is 0 Å². The van der Waals surface area contributed by atoms with Gasteiger partial charge in [-0.2, -0.15) is 0 Å². The van der Waals surface area contributed by atoms with Gasteiger partial charge in [0.05, 0.1) is 37.6 Å². The number of ether oxygens (including phenoxy) is 5. The standard InChI is InChI=1S/C37H41N3O10S/c1-5-18-29(42)26-25(33-32(18)49-14-50-33)21-12-48-36(45)37(19-11-23(46-3)22(41)10-16(19)6-7-38-37)13-51-34(26)28-27-24-17(8-15(2)31(47-4)30(24)43)9-20(39-27)35(44)40(21)28/h8,10-11,20-21,27-28,34-35,38-39,41-44H,5-7,9,12-14H2,1-4H3/t20-,21-,27+,28?,34+,35-,37+/m0/s1. The molecule has 3 aromatic carbocycles. The fourth-order valence-electron chi connectivity index (χ4n) is 9.58. The predicted molar refractivity (Wildman–Crippen MR) is 185 cm³/mol. The fraction of sp³-hybridized carbons (Fsp3) is 0.486. The molecule has 0 radical (unpaired) electrons. The molecule has 7 atom stereocenters. The van der Waals surface area contributed by atoms with Crippen molar-refractivity contribution >= 4 is 17.7 Å². The molecule has 6 N–H and O–H groups in total. The Labute approximate surface area is 298 Å². The number of hydrogen-bond donors (Lipinski definition) is 6. The highest BCUT2D eigenvalue weighted by Gasteiger charge is 2.59. The van der Waals surface area contributed by atoms with Crippen molar-refractivity contribution in [2.45, 2.75) is 74.3 Å². The van der Waals surface area contributed by atoms with Gasteiger partial charge in [0.2, 0.25) is 6.79 Å². The van der Waals surface area contributed by atoms with Crippen molar-refractivity contribution in [2.75, 3.05) is 39.9 Å². The molecular weight excluding hydrogens is 678 g/mol. The van der Waals surface area contributed by atoms with Crippen LogP contribution in [0, 0.1) is 6.92 Å². The highest BCUT2D eigenvalue weighted by atomic mass is 32.2. The summed E-state index contributed by atoms with van der Waals surface area (Å²) in [4.78, 5) is 16.5. The average molecular weight is 720 g/mol. The van der Waals surface area contributed by atoms with E-state index in [1.165, 1.54) is 26.0 Å². The number of fused-ring (bicyclic) bond motifs is 9. The Morgan fingerprint density at radius 3 is 2.59 bits per heavy atom. The normalized spacial score (nSPS) is 30.2. The van der Waals surface area contributed by atoms with Gasteiger partial charge >= 0.3 is 5.97 Å². The Balaban J connectivity index is 1.29. The number of nitrogens with zero attached hydrogens (tertiary/aromatic N) is 1. The summed E-state index contributed by atoms with van der Waals surface area (Å²) in [5, 5.41) is 53.6. The maximum atomic E-state index is 14.5. The van der Waals surface area contributed by atoms with Gasteiger partial charge in [-0.3, -0.25) is 10.2 Å². The van der Waals surface area contributed by atoms with Crippen LogP contribution in [0.1, 0.15) is 68.8 Å². The number of rotatable bonds is 3. The first-order chi connectivity index (χ1) is 24.6. The molecule has 7 heterocycles. The molecule has 3 aromatic rings. The summed E-state index contributed by atoms with van der Waals surface area (Å²) in [6, 6.07) is 3.16. The zero-order chi connectivity index (χ0) is 35.5. The summed E-state index contributed by atoms with van der Waals surface area (Å²) in [5.41, 5.74) is 4.42. The number of esters is 1. The second-order valence-corrected chi connectivity index (χ2v) is 15.3. The van der Waals surface area contributed by atoms with Gasteiger partial charge in [0.15, 0.2) is 40.0 Å². The molecule has 4 bridgehead atoms. The lowest BCUT2D eigenvalue weighted by Gasteiger charge is -2.59. The van der Waals surface area contributed by atoms with Crippen LogP contribution in [-0.2, 0) is 34.3 Å². The van der Waals surface area contributed by atoms with Gasteiger partial charge in [-0.25, -0.2) is 4.79 Å². The number of thioether (sulfide) groups is 1. The molecule has 0 aliphatic carbocycles. The molecule has 10 rings (SSSR count). The molecule has 0 amide bonds. The number of carbonyl (C=O) groups is 1. The van der Waals surface area contributed by atoms with Crippen molar-refractivity contribution in [2.24, 2.45) is 0 Å². The number of carbonyl (C=O) groups excluding carboxylic acids is 1. The Hall–Kier alpha value is -4.08. The van der Waals surface area contributed by atoms with Gasteiger partial charge in [-0.15, -0.1) is 11.8 Å². The molecule has 13 nitrogen and oxygen atoms in total. The molecule has 2 fully saturated rings. The number of nitrogens with one attached hydrogen (secondary N) is 2. The third-order valence-corrected chi connectivity index (χ3v) is 13.2. The third kappa shape index (κ3) is 4.40. The van der Waals surface area contributed by atoms with Crippen LogP contribution >= 0.6 is 11.8 Å². The molecule has 1 spiro atoms. The minimum atomic E-state index is -1.32. The van der Waals surface area contributed by atoms with Gasteiger partial charge in [0, 0.05) is 40.6 Å². The summed E-state index contributed by atoms with van der Waals surface area (Å²) < 4.78 is 29.6. The topological polar surface area (TPSA) is 171 Å². The van der Waals surface area contributed by atoms with Gasteiger partial charge in [-0.1, -0.05) is 13.0 Å². The van der Waals surface area contributed by atoms with Crippen LogP contribution in [0.15, 0.2) is 18.2 Å². The lowest BCUT2D eigenvalue weighted by atomic mass is 9.74. The van der Waals surface area contributed by atoms with Crippen molar-refractivity contribution in [3.8, 4) is 40.2 Å². The van der Waals surface area contributed by atoms with E-state index in [1.54, 1.807) is 12.1 Å². The van der Waals surface area contributed by atoms with E-state index in [2.05, 4.69) is 10.6 Å². The van der Waals surface area contributed by atoms with E-state index in [4.69, 9.17) is 23.7 Å². The van der Waals surface area contributed by atoms with Gasteiger partial charge < -0.3 is 49.4 Å². The SMILES string of the molecule is CCc1c(O)c2c(c3c1OCO3)[C@@H]1COC(=O)[C@]3(CS[C@H]2C2[C@@H]4N[C@@H](Cc5cc(C)c(OC)c(O)c54)[C@H](O)N21)NCCc1cc(O)c(OC)cc13. The summed E-state index contributed by atoms with van der Waals surface area (Å²) in [6.07, 6.45) is 0.482. The molecular formula is C37H41N3O10S. The Bertz CT molecular complexity index is 1990. The Kier molecular flexibility index (Phi) is 7.54. The van der Waals surface area contributed by atoms with Crippen LogP contribution in [0.25, 0.3) is 0 Å². The number of aliphatic hydroxyl groups excluding tert-OH is 1. The maximum Gasteiger partial charge on any atom is 0.331 e. The zero-order valence-electron chi connectivity index (χ0n) is 28.7. The first kappa shape index (κ1) is 32.8. The molecule has 51 heavy (non-hydrogen) atoms. The molecule has 7 aliphatic heterocycles. The summed E-state index contributed by atoms with van der Waals surface area (Å²) in [6.45, 7) is 4.11. The number of aliphatic hydroxyl groups is 1. The van der Waals surface area contributed by atoms with Gasteiger partial charge in [0.1, 0.15) is 18.6 Å². The first-order valence-corrected chi connectivity index (χ1v) is 18.4. The van der Waals surface area contributed by atoms with Gasteiger partial charge in [-0.05, 0) is 60.6 Å². The highest BCUT2D eigenvalue weighted by Crippen LogP contribution is 2.63. The Morgan fingerprint density at radius 2 is 1.82 bits per heavy atom. The van der Waals surface area contributed by atoms with Gasteiger partial charge in [0.25, 0.3) is 0 Å². The van der Waals surface area contributed by atoms with E-state index in [0.717, 1.165) is 16.7 Å². The molecule has 1 unspecified atom stereocenters. The monoisotopic (exact) mass is 719 g/mol. The number of phenols is 3. The van der Waals surface area contributed by atoms with Crippen molar-refractivity contribution in [1.82, 2.24) is 15.5 Å². The lowest BCUT2D eigenvalue weighted by molar-refractivity contribution is -0.164. The zero-order valence-corrected chi connectivity index (χ0v) is 29.6. The van der Waals surface area contributed by atoms with E-state index < -0.39 is 47.2 Å². The molecule has 2 saturated heterocycles. The third-order valence-electron chi connectivity index (χ3n) is 11.8. The number of piperazine rings is 1. The van der Waals surface area contributed by atoms with E-state index >= 15 is 0 Å². The number of hydrogen-bond acceptors (Lipinski definition) is 14. The second-order valence-electron chi connectivity index (χ2n) is 14.1.